The van der Waals surface area contributed by atoms with Crippen molar-refractivity contribution in [2.45, 2.75) is 13.1 Å². The van der Waals surface area contributed by atoms with E-state index in [4.69, 9.17) is 20.9 Å². The maximum absolute atomic E-state index is 14.7. The third-order valence-corrected chi connectivity index (χ3v) is 9.51. The standard InChI is InChI=1S/C42H25F3N6O8/c1-20-14-23(50-36(52)29-8-2-21(15-31(29)38(50)54)40(56)58-25-6-12-34(46)48-18-25)4-10-27(20)28-11-5-24(17-33(28)42(43,44)45)51-37(53)30-9-3-22(16-32(30)39(51)55)41(57)59-26-7-13-35(47)49-19-26/h2-19H,1H3,(H2,46,48)(H2,47,49). The minimum Gasteiger partial charge on any atom is -0.421 e. The fourth-order valence-electron chi connectivity index (χ4n) is 6.67. The SMILES string of the molecule is Cc1cc(N2C(=O)c3ccc(C(=O)Oc4ccc(N)nc4)cc3C2=O)ccc1-c1ccc(N2C(=O)c3ccc(C(=O)Oc4ccc(N)nc4)cc3C2=O)cc1C(F)(F)F. The summed E-state index contributed by atoms with van der Waals surface area (Å²) in [6, 6.07) is 20.0. The summed E-state index contributed by atoms with van der Waals surface area (Å²) in [7, 11) is 0. The van der Waals surface area contributed by atoms with Crippen molar-refractivity contribution in [3.05, 3.63) is 154 Å². The first-order valence-electron chi connectivity index (χ1n) is 17.3. The number of nitrogen functional groups attached to an aromatic ring is 2. The molecular weight excluding hydrogens is 773 g/mol. The number of ether oxygens (including phenoxy) is 2. The maximum atomic E-state index is 14.7. The Morgan fingerprint density at radius 3 is 1.39 bits per heavy atom. The molecule has 0 fully saturated rings. The van der Waals surface area contributed by atoms with Gasteiger partial charge in [-0.25, -0.2) is 29.4 Å². The van der Waals surface area contributed by atoms with Crippen molar-refractivity contribution in [1.29, 1.82) is 0 Å². The van der Waals surface area contributed by atoms with Gasteiger partial charge in [0, 0.05) is 0 Å². The van der Waals surface area contributed by atoms with Crippen molar-refractivity contribution >= 4 is 58.6 Å². The van der Waals surface area contributed by atoms with E-state index in [2.05, 4.69) is 9.97 Å². The molecule has 4 N–H and O–H groups in total. The van der Waals surface area contributed by atoms with Gasteiger partial charge in [-0.05, 0) is 109 Å². The largest absolute Gasteiger partial charge is 0.421 e. The lowest BCUT2D eigenvalue weighted by molar-refractivity contribution is -0.137. The monoisotopic (exact) mass is 798 g/mol. The number of carbonyl (C=O) groups excluding carboxylic acids is 6. The molecule has 17 heteroatoms. The number of pyridine rings is 2. The number of anilines is 4. The molecule has 0 aliphatic carbocycles. The van der Waals surface area contributed by atoms with Crippen molar-refractivity contribution < 1.29 is 51.4 Å². The number of carbonyl (C=O) groups is 6. The fourth-order valence-corrected chi connectivity index (χ4v) is 6.67. The van der Waals surface area contributed by atoms with E-state index in [1.807, 2.05) is 0 Å². The van der Waals surface area contributed by atoms with Crippen molar-refractivity contribution in [3.63, 3.8) is 0 Å². The Hall–Kier alpha value is -8.21. The number of alkyl halides is 3. The zero-order valence-corrected chi connectivity index (χ0v) is 30.2. The Morgan fingerprint density at radius 1 is 0.542 bits per heavy atom. The van der Waals surface area contributed by atoms with Gasteiger partial charge in [-0.1, -0.05) is 12.1 Å². The summed E-state index contributed by atoms with van der Waals surface area (Å²) in [5.41, 5.74) is 9.04. The van der Waals surface area contributed by atoms with Gasteiger partial charge in [-0.3, -0.25) is 19.2 Å². The molecule has 292 valence electrons. The van der Waals surface area contributed by atoms with Crippen LogP contribution in [0.3, 0.4) is 0 Å². The van der Waals surface area contributed by atoms with E-state index >= 15 is 0 Å². The zero-order chi connectivity index (χ0) is 41.9. The van der Waals surface area contributed by atoms with Gasteiger partial charge >= 0.3 is 18.1 Å². The van der Waals surface area contributed by atoms with Crippen LogP contribution in [0.1, 0.15) is 73.3 Å². The van der Waals surface area contributed by atoms with E-state index in [-0.39, 0.29) is 84.6 Å². The van der Waals surface area contributed by atoms with E-state index in [1.165, 1.54) is 98.2 Å². The van der Waals surface area contributed by atoms with Gasteiger partial charge in [0.25, 0.3) is 23.6 Å². The fraction of sp³-hybridized carbons (Fsp3) is 0.0476. The molecule has 2 aromatic heterocycles. The second-order valence-corrected chi connectivity index (χ2v) is 13.3. The average Bonchev–Trinajstić information content (AvgIpc) is 3.61. The van der Waals surface area contributed by atoms with Gasteiger partial charge in [0.2, 0.25) is 0 Å². The van der Waals surface area contributed by atoms with Crippen molar-refractivity contribution in [2.75, 3.05) is 21.3 Å². The Kier molecular flexibility index (Phi) is 8.99. The van der Waals surface area contributed by atoms with Crippen LogP contribution in [0.4, 0.5) is 36.2 Å². The number of fused-ring (bicyclic) bond motifs is 2. The van der Waals surface area contributed by atoms with E-state index in [0.29, 0.717) is 11.0 Å². The first-order chi connectivity index (χ1) is 28.1. The predicted molar refractivity (Wildman–Crippen MR) is 204 cm³/mol. The van der Waals surface area contributed by atoms with E-state index in [1.54, 1.807) is 0 Å². The third kappa shape index (κ3) is 6.75. The Balaban J connectivity index is 1.04. The van der Waals surface area contributed by atoms with Crippen LogP contribution in [-0.4, -0.2) is 45.5 Å². The molecule has 59 heavy (non-hydrogen) atoms. The summed E-state index contributed by atoms with van der Waals surface area (Å²) in [4.78, 5) is 88.6. The summed E-state index contributed by atoms with van der Waals surface area (Å²) < 4.78 is 54.8. The molecule has 2 aliphatic heterocycles. The van der Waals surface area contributed by atoms with Gasteiger partial charge in [-0.2, -0.15) is 13.2 Å². The number of nitrogens with zero attached hydrogens (tertiary/aromatic N) is 4. The number of halogens is 3. The topological polar surface area (TPSA) is 205 Å². The van der Waals surface area contributed by atoms with Crippen molar-refractivity contribution in [2.24, 2.45) is 0 Å². The van der Waals surface area contributed by atoms with Crippen molar-refractivity contribution in [1.82, 2.24) is 9.97 Å². The first-order valence-corrected chi connectivity index (χ1v) is 17.3. The molecule has 0 radical (unpaired) electrons. The molecule has 4 heterocycles. The minimum absolute atomic E-state index is 0.00240. The number of aromatic nitrogens is 2. The van der Waals surface area contributed by atoms with Crippen LogP contribution in [0.2, 0.25) is 0 Å². The molecule has 8 rings (SSSR count). The quantitative estimate of drug-likeness (QED) is 0.128. The van der Waals surface area contributed by atoms with Crippen LogP contribution in [0.5, 0.6) is 11.5 Å². The van der Waals surface area contributed by atoms with E-state index < -0.39 is 47.3 Å². The van der Waals surface area contributed by atoms with Crippen LogP contribution in [0.25, 0.3) is 11.1 Å². The van der Waals surface area contributed by atoms with Gasteiger partial charge < -0.3 is 20.9 Å². The normalized spacial score (nSPS) is 13.4. The summed E-state index contributed by atoms with van der Waals surface area (Å²) in [5.74, 6) is -4.51. The lowest BCUT2D eigenvalue weighted by Crippen LogP contribution is -2.29. The number of benzene rings is 4. The lowest BCUT2D eigenvalue weighted by Gasteiger charge is -2.21. The molecule has 0 saturated heterocycles. The summed E-state index contributed by atoms with van der Waals surface area (Å²) in [6.07, 6.45) is -2.52. The van der Waals surface area contributed by atoms with Gasteiger partial charge in [0.1, 0.15) is 23.1 Å². The number of imide groups is 2. The molecule has 0 atom stereocenters. The number of amides is 4. The highest BCUT2D eigenvalue weighted by atomic mass is 19.4. The van der Waals surface area contributed by atoms with Crippen LogP contribution < -0.4 is 30.7 Å². The maximum Gasteiger partial charge on any atom is 0.417 e. The van der Waals surface area contributed by atoms with Gasteiger partial charge in [-0.15, -0.1) is 0 Å². The summed E-state index contributed by atoms with van der Waals surface area (Å²) in [5, 5.41) is 0. The van der Waals surface area contributed by atoms with Crippen LogP contribution >= 0.6 is 0 Å². The molecule has 0 bridgehead atoms. The first kappa shape index (κ1) is 37.7. The molecule has 14 nitrogen and oxygen atoms in total. The molecule has 4 aromatic carbocycles. The van der Waals surface area contributed by atoms with Crippen LogP contribution in [-0.2, 0) is 6.18 Å². The number of esters is 2. The number of nitrogens with two attached hydrogens (primary N) is 2. The van der Waals surface area contributed by atoms with Crippen molar-refractivity contribution in [3.8, 4) is 22.6 Å². The van der Waals surface area contributed by atoms with Gasteiger partial charge in [0.15, 0.2) is 0 Å². The zero-order valence-electron chi connectivity index (χ0n) is 30.2. The molecule has 0 saturated carbocycles. The highest BCUT2D eigenvalue weighted by molar-refractivity contribution is 6.35. The average molecular weight is 799 g/mol. The second kappa shape index (κ2) is 14.1. The predicted octanol–water partition coefficient (Wildman–Crippen LogP) is 6.67. The minimum atomic E-state index is -4.98. The molecule has 0 spiro atoms. The highest BCUT2D eigenvalue weighted by Crippen LogP contribution is 2.43. The van der Waals surface area contributed by atoms with E-state index in [9.17, 15) is 41.9 Å². The van der Waals surface area contributed by atoms with Crippen LogP contribution in [0.15, 0.2) is 109 Å². The molecule has 6 aromatic rings. The Bertz CT molecular complexity index is 2830. The molecular formula is C42H25F3N6O8. The molecule has 0 unspecified atom stereocenters. The summed E-state index contributed by atoms with van der Waals surface area (Å²) >= 11 is 0. The van der Waals surface area contributed by atoms with Gasteiger partial charge in [0.05, 0.1) is 62.7 Å². The highest BCUT2D eigenvalue weighted by Gasteiger charge is 2.41. The Morgan fingerprint density at radius 2 is 0.966 bits per heavy atom. The Labute approximate surface area is 330 Å². The lowest BCUT2D eigenvalue weighted by atomic mass is 9.94. The molecule has 4 amide bonds. The van der Waals surface area contributed by atoms with E-state index in [0.717, 1.165) is 17.0 Å². The number of hydrogen-bond acceptors (Lipinski definition) is 12. The van der Waals surface area contributed by atoms with Crippen LogP contribution in [0, 0.1) is 6.92 Å². The summed E-state index contributed by atoms with van der Waals surface area (Å²) in [6.45, 7) is 1.49. The smallest absolute Gasteiger partial charge is 0.417 e. The number of hydrogen-bond donors (Lipinski definition) is 2. The number of aryl methyl sites for hydroxylation is 1. The third-order valence-electron chi connectivity index (χ3n) is 9.51. The number of rotatable bonds is 7. The molecule has 2 aliphatic rings. The second-order valence-electron chi connectivity index (χ2n) is 13.3.